The number of allylic oxidation sites excluding steroid dienone is 1. The lowest BCUT2D eigenvalue weighted by atomic mass is 9.92. The third kappa shape index (κ3) is 5.02. The third-order valence-electron chi connectivity index (χ3n) is 5.36. The fraction of sp³-hybridized carbons (Fsp3) is 0.308. The molecule has 1 heterocycles. The zero-order chi connectivity index (χ0) is 23.6. The smallest absolute Gasteiger partial charge is 0.319 e. The molecule has 0 fully saturated rings. The molecule has 1 aliphatic heterocycles. The Hall–Kier alpha value is -3.54. The lowest BCUT2D eigenvalue weighted by Crippen LogP contribution is -2.45. The maximum Gasteiger partial charge on any atom is 0.319 e. The van der Waals surface area contributed by atoms with Gasteiger partial charge in [0.1, 0.15) is 5.75 Å². The van der Waals surface area contributed by atoms with Crippen molar-refractivity contribution in [2.24, 2.45) is 0 Å². The molecule has 0 aromatic heterocycles. The van der Waals surface area contributed by atoms with Crippen LogP contribution in [0, 0.1) is 0 Å². The summed E-state index contributed by atoms with van der Waals surface area (Å²) in [6.07, 6.45) is -0.606. The number of nitrogens with zero attached hydrogens (tertiary/aromatic N) is 1. The molecule has 32 heavy (non-hydrogen) atoms. The zero-order valence-electron chi connectivity index (χ0n) is 19.4. The number of carbonyl (C=O) groups excluding carboxylic acids is 2. The van der Waals surface area contributed by atoms with Gasteiger partial charge in [-0.15, -0.1) is 0 Å². The van der Waals surface area contributed by atoms with E-state index in [2.05, 4.69) is 23.8 Å². The number of urea groups is 1. The van der Waals surface area contributed by atoms with Gasteiger partial charge in [-0.2, -0.15) is 0 Å². The van der Waals surface area contributed by atoms with Crippen LogP contribution in [0.1, 0.15) is 45.7 Å². The van der Waals surface area contributed by atoms with Crippen molar-refractivity contribution in [2.45, 2.75) is 46.3 Å². The summed E-state index contributed by atoms with van der Waals surface area (Å²) < 4.78 is 5.78. The van der Waals surface area contributed by atoms with Crippen LogP contribution in [-0.2, 0) is 10.3 Å². The normalized spacial score (nSPS) is 15.5. The first-order valence-electron chi connectivity index (χ1n) is 10.6. The van der Waals surface area contributed by atoms with Gasteiger partial charge in [0.15, 0.2) is 6.10 Å². The van der Waals surface area contributed by atoms with Crippen molar-refractivity contribution in [1.82, 2.24) is 5.32 Å². The molecule has 6 heteroatoms. The summed E-state index contributed by atoms with van der Waals surface area (Å²) >= 11 is 0. The van der Waals surface area contributed by atoms with Crippen LogP contribution in [-0.4, -0.2) is 24.6 Å². The summed E-state index contributed by atoms with van der Waals surface area (Å²) in [5.74, 6) is 0.433. The Bertz CT molecular complexity index is 1090. The molecule has 2 aromatic carbocycles. The van der Waals surface area contributed by atoms with Gasteiger partial charge in [-0.3, -0.25) is 4.79 Å². The van der Waals surface area contributed by atoms with Crippen LogP contribution in [0.15, 0.2) is 61.2 Å². The maximum absolute atomic E-state index is 12.8. The minimum Gasteiger partial charge on any atom is -0.479 e. The zero-order valence-corrected chi connectivity index (χ0v) is 19.4. The van der Waals surface area contributed by atoms with E-state index in [4.69, 9.17) is 4.74 Å². The molecule has 168 valence electrons. The molecular formula is C26H31N3O3. The van der Waals surface area contributed by atoms with Gasteiger partial charge in [0, 0.05) is 18.3 Å². The van der Waals surface area contributed by atoms with Crippen LogP contribution in [0.4, 0.5) is 16.2 Å². The molecule has 0 spiro atoms. The summed E-state index contributed by atoms with van der Waals surface area (Å²) in [6.45, 7) is 17.8. The van der Waals surface area contributed by atoms with Crippen molar-refractivity contribution in [2.75, 3.05) is 16.8 Å². The third-order valence-corrected chi connectivity index (χ3v) is 5.36. The fourth-order valence-electron chi connectivity index (χ4n) is 3.61. The van der Waals surface area contributed by atoms with E-state index in [0.717, 1.165) is 22.3 Å². The summed E-state index contributed by atoms with van der Waals surface area (Å²) in [6, 6.07) is 12.9. The van der Waals surface area contributed by atoms with Crippen LogP contribution in [0.3, 0.4) is 0 Å². The number of benzene rings is 2. The van der Waals surface area contributed by atoms with E-state index in [-0.39, 0.29) is 11.9 Å². The Balaban J connectivity index is 1.76. The van der Waals surface area contributed by atoms with E-state index >= 15 is 0 Å². The molecule has 0 aliphatic carbocycles. The van der Waals surface area contributed by atoms with E-state index < -0.39 is 11.6 Å². The van der Waals surface area contributed by atoms with Crippen molar-refractivity contribution in [3.05, 3.63) is 72.3 Å². The second-order valence-corrected chi connectivity index (χ2v) is 8.89. The SMILES string of the molecule is C=C(C)CN1C(=O)C(C)Oc2cc(NC(=O)NC(C)(C)c3cccc(C(=C)C)c3)ccc21. The maximum atomic E-state index is 12.8. The number of hydrogen-bond acceptors (Lipinski definition) is 3. The predicted molar refractivity (Wildman–Crippen MR) is 130 cm³/mol. The van der Waals surface area contributed by atoms with Gasteiger partial charge >= 0.3 is 6.03 Å². The Kier molecular flexibility index (Phi) is 6.44. The van der Waals surface area contributed by atoms with Crippen LogP contribution < -0.4 is 20.3 Å². The molecule has 1 atom stereocenters. The average Bonchev–Trinajstić information content (AvgIpc) is 2.70. The molecule has 0 bridgehead atoms. The molecule has 0 radical (unpaired) electrons. The largest absolute Gasteiger partial charge is 0.479 e. The van der Waals surface area contributed by atoms with Crippen molar-refractivity contribution in [1.29, 1.82) is 0 Å². The van der Waals surface area contributed by atoms with E-state index in [9.17, 15) is 9.59 Å². The molecule has 0 saturated carbocycles. The van der Waals surface area contributed by atoms with Crippen molar-refractivity contribution in [3.63, 3.8) is 0 Å². The van der Waals surface area contributed by atoms with E-state index in [1.807, 2.05) is 52.0 Å². The number of carbonyl (C=O) groups is 2. The fourth-order valence-corrected chi connectivity index (χ4v) is 3.61. The lowest BCUT2D eigenvalue weighted by molar-refractivity contribution is -0.125. The minimum atomic E-state index is -0.606. The number of amides is 3. The average molecular weight is 434 g/mol. The Labute approximate surface area is 190 Å². The summed E-state index contributed by atoms with van der Waals surface area (Å²) in [5.41, 5.74) is 4.49. The number of nitrogens with one attached hydrogen (secondary N) is 2. The molecule has 1 unspecified atom stereocenters. The Morgan fingerprint density at radius 3 is 2.53 bits per heavy atom. The van der Waals surface area contributed by atoms with Gasteiger partial charge in [0.2, 0.25) is 0 Å². The Morgan fingerprint density at radius 1 is 1.16 bits per heavy atom. The second kappa shape index (κ2) is 8.91. The van der Waals surface area contributed by atoms with Gasteiger partial charge in [-0.05, 0) is 63.9 Å². The standard InChI is InChI=1S/C26H31N3O3/c1-16(2)15-29-22-12-11-21(14-23(22)32-18(5)24(29)30)27-25(31)28-26(6,7)20-10-8-9-19(13-20)17(3)4/h8-14,18H,1,3,15H2,2,4-7H3,(H2,27,28,31). The first-order valence-corrected chi connectivity index (χ1v) is 10.6. The van der Waals surface area contributed by atoms with Gasteiger partial charge in [-0.25, -0.2) is 4.79 Å². The predicted octanol–water partition coefficient (Wildman–Crippen LogP) is 5.47. The first-order chi connectivity index (χ1) is 15.0. The van der Waals surface area contributed by atoms with Crippen molar-refractivity contribution >= 4 is 28.9 Å². The van der Waals surface area contributed by atoms with Gasteiger partial charge in [0.05, 0.1) is 11.2 Å². The van der Waals surface area contributed by atoms with E-state index in [1.165, 1.54) is 0 Å². The van der Waals surface area contributed by atoms with Gasteiger partial charge in [0.25, 0.3) is 5.91 Å². The summed E-state index contributed by atoms with van der Waals surface area (Å²) in [4.78, 5) is 26.9. The van der Waals surface area contributed by atoms with E-state index in [1.54, 1.807) is 30.0 Å². The number of fused-ring (bicyclic) bond motifs is 1. The van der Waals surface area contributed by atoms with E-state index in [0.29, 0.717) is 23.7 Å². The molecule has 3 rings (SSSR count). The molecule has 3 amide bonds. The number of anilines is 2. The monoisotopic (exact) mass is 433 g/mol. The topological polar surface area (TPSA) is 70.7 Å². The van der Waals surface area contributed by atoms with Crippen LogP contribution >= 0.6 is 0 Å². The van der Waals surface area contributed by atoms with Crippen molar-refractivity contribution < 1.29 is 14.3 Å². The first kappa shape index (κ1) is 23.1. The number of hydrogen-bond donors (Lipinski definition) is 2. The summed E-state index contributed by atoms with van der Waals surface area (Å²) in [5, 5.41) is 5.89. The molecule has 6 nitrogen and oxygen atoms in total. The highest BCUT2D eigenvalue weighted by Gasteiger charge is 2.31. The second-order valence-electron chi connectivity index (χ2n) is 8.89. The quantitative estimate of drug-likeness (QED) is 0.594. The minimum absolute atomic E-state index is 0.113. The molecule has 0 saturated heterocycles. The Morgan fingerprint density at radius 2 is 1.88 bits per heavy atom. The highest BCUT2D eigenvalue weighted by molar-refractivity contribution is 6.01. The molecular weight excluding hydrogens is 402 g/mol. The molecule has 2 N–H and O–H groups in total. The molecule has 1 aliphatic rings. The highest BCUT2D eigenvalue weighted by atomic mass is 16.5. The lowest BCUT2D eigenvalue weighted by Gasteiger charge is -2.33. The van der Waals surface area contributed by atoms with Gasteiger partial charge in [-0.1, -0.05) is 42.5 Å². The number of ether oxygens (including phenoxy) is 1. The van der Waals surface area contributed by atoms with Crippen molar-refractivity contribution in [3.8, 4) is 5.75 Å². The van der Waals surface area contributed by atoms with Crippen LogP contribution in [0.5, 0.6) is 5.75 Å². The van der Waals surface area contributed by atoms with Crippen LogP contribution in [0.2, 0.25) is 0 Å². The summed E-state index contributed by atoms with van der Waals surface area (Å²) in [7, 11) is 0. The molecule has 2 aromatic rings. The highest BCUT2D eigenvalue weighted by Crippen LogP contribution is 2.36. The van der Waals surface area contributed by atoms with Gasteiger partial charge < -0.3 is 20.3 Å². The number of rotatable bonds is 6. The van der Waals surface area contributed by atoms with Crippen LogP contribution in [0.25, 0.3) is 5.57 Å².